The van der Waals surface area contributed by atoms with Gasteiger partial charge in [0.25, 0.3) is 0 Å². The lowest BCUT2D eigenvalue weighted by Crippen LogP contribution is -1.76. The van der Waals surface area contributed by atoms with Crippen LogP contribution < -0.4 is 0 Å². The van der Waals surface area contributed by atoms with Crippen molar-refractivity contribution in [1.82, 2.24) is 0 Å². The molecule has 0 spiro atoms. The van der Waals surface area contributed by atoms with Crippen LogP contribution in [-0.2, 0) is 0 Å². The van der Waals surface area contributed by atoms with Gasteiger partial charge in [-0.1, -0.05) is 0 Å². The molecule has 0 heterocycles. The highest BCUT2D eigenvalue weighted by Gasteiger charge is 2.35. The fourth-order valence-corrected chi connectivity index (χ4v) is 1.48. The Kier molecular flexibility index (Phi) is 2.89. The van der Waals surface area contributed by atoms with Crippen molar-refractivity contribution in [2.75, 3.05) is 0 Å². The zero-order valence-electron chi connectivity index (χ0n) is 8.84. The van der Waals surface area contributed by atoms with Crippen molar-refractivity contribution < 1.29 is 0 Å². The van der Waals surface area contributed by atoms with Crippen LogP contribution in [0.3, 0.4) is 0 Å². The van der Waals surface area contributed by atoms with Crippen molar-refractivity contribution in [2.24, 2.45) is 0 Å². The smallest absolute Gasteiger partial charge is 0.154 e. The molecule has 1 aliphatic carbocycles. The van der Waals surface area contributed by atoms with Crippen LogP contribution in [0.1, 0.15) is 0 Å². The second kappa shape index (κ2) is 3.95. The van der Waals surface area contributed by atoms with Gasteiger partial charge in [-0.15, -0.1) is 0 Å². The first-order chi connectivity index (χ1) is 7.08. The standard InChI is InChI=1S/C9H6B3N3/c10-4(1-13)7-8(5(11)2-14)9(7)6(12)3-15/h10-12H2. The summed E-state index contributed by atoms with van der Waals surface area (Å²) in [5, 5.41) is 26.3. The van der Waals surface area contributed by atoms with Crippen LogP contribution in [0.2, 0.25) is 0 Å². The topological polar surface area (TPSA) is 71.4 Å². The second-order valence-corrected chi connectivity index (χ2v) is 3.34. The molecule has 1 saturated carbocycles. The molecule has 1 fully saturated rings. The van der Waals surface area contributed by atoms with Crippen LogP contribution in [-0.4, -0.2) is 23.5 Å². The molecular weight excluding hydrogens is 183 g/mol. The van der Waals surface area contributed by atoms with Crippen molar-refractivity contribution in [3.63, 3.8) is 0 Å². The average Bonchev–Trinajstić information content (AvgIpc) is 3.00. The van der Waals surface area contributed by atoms with Crippen molar-refractivity contribution in [3.8, 4) is 18.2 Å². The second-order valence-electron chi connectivity index (χ2n) is 3.34. The predicted molar refractivity (Wildman–Crippen MR) is 63.5 cm³/mol. The molecule has 1 aliphatic rings. The van der Waals surface area contributed by atoms with Gasteiger partial charge in [-0.25, -0.2) is 0 Å². The van der Waals surface area contributed by atoms with Gasteiger partial charge in [0.05, 0.1) is 18.2 Å². The van der Waals surface area contributed by atoms with E-state index in [1.807, 2.05) is 18.2 Å². The van der Waals surface area contributed by atoms with E-state index in [1.54, 1.807) is 23.5 Å². The van der Waals surface area contributed by atoms with Gasteiger partial charge in [-0.2, -0.15) is 15.8 Å². The predicted octanol–water partition coefficient (Wildman–Crippen LogP) is -1.77. The summed E-state index contributed by atoms with van der Waals surface area (Å²) < 4.78 is 0. The first-order valence-electron chi connectivity index (χ1n) is 4.42. The Morgan fingerprint density at radius 2 is 0.867 bits per heavy atom. The Labute approximate surface area is 91.2 Å². The van der Waals surface area contributed by atoms with Crippen molar-refractivity contribution in [3.05, 3.63) is 33.1 Å². The zero-order chi connectivity index (χ0) is 11.6. The molecule has 0 aromatic rings. The molecule has 6 heteroatoms. The van der Waals surface area contributed by atoms with Crippen LogP contribution in [0.5, 0.6) is 0 Å². The molecule has 0 bridgehead atoms. The van der Waals surface area contributed by atoms with Crippen LogP contribution >= 0.6 is 0 Å². The van der Waals surface area contributed by atoms with E-state index in [9.17, 15) is 0 Å². The lowest BCUT2D eigenvalue weighted by atomic mass is 9.93. The molecule has 1 rings (SSSR count). The van der Waals surface area contributed by atoms with Gasteiger partial charge >= 0.3 is 0 Å². The highest BCUT2D eigenvalue weighted by atomic mass is 14.4. The van der Waals surface area contributed by atoms with Crippen molar-refractivity contribution in [1.29, 1.82) is 15.8 Å². The third-order valence-corrected chi connectivity index (χ3v) is 2.32. The van der Waals surface area contributed by atoms with Crippen LogP contribution in [0.15, 0.2) is 33.1 Å². The summed E-state index contributed by atoms with van der Waals surface area (Å²) in [4.78, 5) is 0. The Morgan fingerprint density at radius 3 is 1.00 bits per heavy atom. The SMILES string of the molecule is BC(C#N)=C1C(=C(B)C#N)C1=C(B)C#N. The maximum absolute atomic E-state index is 8.77. The van der Waals surface area contributed by atoms with E-state index in [2.05, 4.69) is 0 Å². The molecule has 66 valence electrons. The van der Waals surface area contributed by atoms with Crippen molar-refractivity contribution >= 4 is 23.5 Å². The quantitative estimate of drug-likeness (QED) is 0.334. The van der Waals surface area contributed by atoms with E-state index in [0.717, 1.165) is 16.7 Å². The third kappa shape index (κ3) is 1.73. The Bertz CT molecular complexity index is 454. The summed E-state index contributed by atoms with van der Waals surface area (Å²) in [6.45, 7) is 0. The van der Waals surface area contributed by atoms with Gasteiger partial charge in [0, 0.05) is 0 Å². The Balaban J connectivity index is 3.49. The van der Waals surface area contributed by atoms with E-state index in [4.69, 9.17) is 15.8 Å². The monoisotopic (exact) mass is 189 g/mol. The molecule has 3 nitrogen and oxygen atoms in total. The van der Waals surface area contributed by atoms with Crippen LogP contribution in [0.4, 0.5) is 0 Å². The van der Waals surface area contributed by atoms with Crippen LogP contribution in [0, 0.1) is 34.0 Å². The molecule has 0 unspecified atom stereocenters. The molecule has 0 aliphatic heterocycles. The van der Waals surface area contributed by atoms with E-state index in [-0.39, 0.29) is 0 Å². The van der Waals surface area contributed by atoms with E-state index >= 15 is 0 Å². The molecule has 0 aromatic carbocycles. The fraction of sp³-hybridized carbons (Fsp3) is 0. The zero-order valence-corrected chi connectivity index (χ0v) is 8.84. The van der Waals surface area contributed by atoms with E-state index < -0.39 is 0 Å². The molecule has 0 N–H and O–H groups in total. The van der Waals surface area contributed by atoms with Gasteiger partial charge in [0.2, 0.25) is 0 Å². The van der Waals surface area contributed by atoms with Crippen LogP contribution in [0.25, 0.3) is 0 Å². The first kappa shape index (κ1) is 11.0. The van der Waals surface area contributed by atoms with Gasteiger partial charge in [0.15, 0.2) is 23.5 Å². The number of hydrogen-bond acceptors (Lipinski definition) is 3. The largest absolute Gasteiger partial charge is 0.194 e. The summed E-state index contributed by atoms with van der Waals surface area (Å²) in [6.07, 6.45) is 0. The number of hydrogen-bond donors (Lipinski definition) is 0. The fourth-order valence-electron chi connectivity index (χ4n) is 1.48. The number of nitrogens with zero attached hydrogens (tertiary/aromatic N) is 3. The molecule has 0 amide bonds. The Morgan fingerprint density at radius 1 is 0.667 bits per heavy atom. The van der Waals surface area contributed by atoms with E-state index in [0.29, 0.717) is 16.4 Å². The molecule has 0 saturated heterocycles. The summed E-state index contributed by atoms with van der Waals surface area (Å²) in [6, 6.07) is 6.11. The van der Waals surface area contributed by atoms with Gasteiger partial charge in [0.1, 0.15) is 0 Å². The number of nitriles is 3. The molecule has 0 atom stereocenters. The summed E-state index contributed by atoms with van der Waals surface area (Å²) in [5.74, 6) is 0. The number of rotatable bonds is 0. The molecule has 15 heavy (non-hydrogen) atoms. The molecule has 0 aromatic heterocycles. The van der Waals surface area contributed by atoms with Gasteiger partial charge < -0.3 is 0 Å². The maximum atomic E-state index is 8.77. The molecular formula is C9H6B3N3. The minimum Gasteiger partial charge on any atom is -0.194 e. The third-order valence-electron chi connectivity index (χ3n) is 2.32. The van der Waals surface area contributed by atoms with Gasteiger partial charge in [-0.3, -0.25) is 0 Å². The summed E-state index contributed by atoms with van der Waals surface area (Å²) >= 11 is 0. The van der Waals surface area contributed by atoms with Crippen molar-refractivity contribution in [2.45, 2.75) is 0 Å². The normalized spacial score (nSPS) is 12.2. The number of allylic oxidation sites excluding steroid dienone is 6. The highest BCUT2D eigenvalue weighted by molar-refractivity contribution is 6.33. The van der Waals surface area contributed by atoms with Gasteiger partial charge in [-0.05, 0) is 33.1 Å². The molecule has 0 radical (unpaired) electrons. The maximum Gasteiger partial charge on any atom is 0.154 e. The lowest BCUT2D eigenvalue weighted by Gasteiger charge is -1.78. The first-order valence-corrected chi connectivity index (χ1v) is 4.42. The minimum atomic E-state index is 0.559. The summed E-state index contributed by atoms with van der Waals surface area (Å²) in [7, 11) is 5.08. The van der Waals surface area contributed by atoms with E-state index in [1.165, 1.54) is 0 Å². The summed E-state index contributed by atoms with van der Waals surface area (Å²) in [5.41, 5.74) is 4.00. The average molecular weight is 189 g/mol. The lowest BCUT2D eigenvalue weighted by molar-refractivity contribution is 1.51. The highest BCUT2D eigenvalue weighted by Crippen LogP contribution is 2.48. The minimum absolute atomic E-state index is 0.559. The Hall–Kier alpha value is -2.12.